The predicted octanol–water partition coefficient (Wildman–Crippen LogP) is 4.00. The summed E-state index contributed by atoms with van der Waals surface area (Å²) in [6.45, 7) is 2.99. The van der Waals surface area contributed by atoms with E-state index in [2.05, 4.69) is 52.6 Å². The highest BCUT2D eigenvalue weighted by Gasteiger charge is 2.12. The molecule has 3 rings (SSSR count). The van der Waals surface area contributed by atoms with Gasteiger partial charge in [-0.25, -0.2) is 4.79 Å². The molecule has 3 aromatic rings. The second kappa shape index (κ2) is 7.88. The standard InChI is InChI=1S/C21H23NO3/c1-3-17-14-18-19(10-7-11-20(18)25-15-21(23)24-2)22(17)13-12-16-8-5-4-6-9-16/h4-11,14H,3,12-13,15H2,1-2H3. The Morgan fingerprint density at radius 2 is 1.88 bits per heavy atom. The molecule has 0 amide bonds. The van der Waals surface area contributed by atoms with E-state index in [0.717, 1.165) is 36.0 Å². The molecule has 0 fully saturated rings. The molecule has 0 unspecified atom stereocenters. The maximum atomic E-state index is 11.4. The number of benzene rings is 2. The van der Waals surface area contributed by atoms with Crippen molar-refractivity contribution in [3.8, 4) is 5.75 Å². The molecule has 0 aliphatic carbocycles. The quantitative estimate of drug-likeness (QED) is 0.612. The van der Waals surface area contributed by atoms with Gasteiger partial charge in [-0.05, 0) is 36.6 Å². The summed E-state index contributed by atoms with van der Waals surface area (Å²) in [5.74, 6) is 0.340. The number of ether oxygens (including phenoxy) is 2. The van der Waals surface area contributed by atoms with Crippen LogP contribution in [0.3, 0.4) is 0 Å². The Labute approximate surface area is 148 Å². The van der Waals surface area contributed by atoms with E-state index < -0.39 is 0 Å². The van der Waals surface area contributed by atoms with Crippen LogP contribution in [0, 0.1) is 0 Å². The molecule has 1 aromatic heterocycles. The first kappa shape index (κ1) is 17.1. The highest BCUT2D eigenvalue weighted by atomic mass is 16.6. The molecule has 0 aliphatic rings. The second-order valence-corrected chi connectivity index (χ2v) is 5.93. The van der Waals surface area contributed by atoms with Crippen LogP contribution in [0.1, 0.15) is 18.2 Å². The van der Waals surface area contributed by atoms with Gasteiger partial charge >= 0.3 is 5.97 Å². The fourth-order valence-corrected chi connectivity index (χ4v) is 3.08. The normalized spacial score (nSPS) is 10.8. The van der Waals surface area contributed by atoms with E-state index in [9.17, 15) is 4.79 Å². The van der Waals surface area contributed by atoms with Crippen molar-refractivity contribution >= 4 is 16.9 Å². The molecule has 0 radical (unpaired) electrons. The van der Waals surface area contributed by atoms with Crippen LogP contribution in [0.25, 0.3) is 10.9 Å². The van der Waals surface area contributed by atoms with E-state index >= 15 is 0 Å². The van der Waals surface area contributed by atoms with Gasteiger partial charge in [0.2, 0.25) is 0 Å². The summed E-state index contributed by atoms with van der Waals surface area (Å²) in [7, 11) is 1.36. The summed E-state index contributed by atoms with van der Waals surface area (Å²) in [5.41, 5.74) is 3.72. The van der Waals surface area contributed by atoms with E-state index in [-0.39, 0.29) is 12.6 Å². The van der Waals surface area contributed by atoms with E-state index in [4.69, 9.17) is 4.74 Å². The van der Waals surface area contributed by atoms with Gasteiger partial charge in [0.15, 0.2) is 6.61 Å². The Morgan fingerprint density at radius 3 is 2.60 bits per heavy atom. The molecule has 0 saturated carbocycles. The van der Waals surface area contributed by atoms with Gasteiger partial charge in [-0.2, -0.15) is 0 Å². The number of esters is 1. The van der Waals surface area contributed by atoms with Crippen molar-refractivity contribution in [1.29, 1.82) is 0 Å². The van der Waals surface area contributed by atoms with Crippen molar-refractivity contribution in [2.45, 2.75) is 26.3 Å². The second-order valence-electron chi connectivity index (χ2n) is 5.93. The lowest BCUT2D eigenvalue weighted by molar-refractivity contribution is -0.142. The topological polar surface area (TPSA) is 40.5 Å². The molecule has 2 aromatic carbocycles. The minimum Gasteiger partial charge on any atom is -0.481 e. The molecule has 0 spiro atoms. The van der Waals surface area contributed by atoms with Crippen molar-refractivity contribution < 1.29 is 14.3 Å². The molecular formula is C21H23NO3. The third-order valence-corrected chi connectivity index (χ3v) is 4.39. The van der Waals surface area contributed by atoms with Gasteiger partial charge in [0.1, 0.15) is 5.75 Å². The zero-order chi connectivity index (χ0) is 17.6. The lowest BCUT2D eigenvalue weighted by atomic mass is 10.1. The first-order valence-corrected chi connectivity index (χ1v) is 8.57. The molecule has 0 saturated heterocycles. The minimum absolute atomic E-state index is 0.0771. The largest absolute Gasteiger partial charge is 0.481 e. The number of nitrogens with zero attached hydrogens (tertiary/aromatic N) is 1. The smallest absolute Gasteiger partial charge is 0.343 e. The Balaban J connectivity index is 1.88. The zero-order valence-electron chi connectivity index (χ0n) is 14.7. The number of carbonyl (C=O) groups is 1. The molecule has 0 aliphatic heterocycles. The monoisotopic (exact) mass is 337 g/mol. The molecular weight excluding hydrogens is 314 g/mol. The van der Waals surface area contributed by atoms with Gasteiger partial charge in [-0.15, -0.1) is 0 Å². The van der Waals surface area contributed by atoms with Gasteiger partial charge in [0.05, 0.1) is 12.6 Å². The first-order valence-electron chi connectivity index (χ1n) is 8.57. The third-order valence-electron chi connectivity index (χ3n) is 4.39. The number of aromatic nitrogens is 1. The Bertz CT molecular complexity index is 852. The molecule has 1 heterocycles. The number of methoxy groups -OCH3 is 1. The Hall–Kier alpha value is -2.75. The van der Waals surface area contributed by atoms with Crippen LogP contribution in [0.4, 0.5) is 0 Å². The van der Waals surface area contributed by atoms with Gasteiger partial charge in [0, 0.05) is 17.6 Å². The van der Waals surface area contributed by atoms with Crippen molar-refractivity contribution in [3.63, 3.8) is 0 Å². The van der Waals surface area contributed by atoms with Gasteiger partial charge in [-0.3, -0.25) is 0 Å². The zero-order valence-corrected chi connectivity index (χ0v) is 14.7. The fraction of sp³-hybridized carbons (Fsp3) is 0.286. The van der Waals surface area contributed by atoms with Crippen LogP contribution >= 0.6 is 0 Å². The predicted molar refractivity (Wildman–Crippen MR) is 99.0 cm³/mol. The molecule has 130 valence electrons. The Kier molecular flexibility index (Phi) is 5.39. The average Bonchev–Trinajstić information content (AvgIpc) is 3.03. The number of hydrogen-bond donors (Lipinski definition) is 0. The molecule has 4 nitrogen and oxygen atoms in total. The van der Waals surface area contributed by atoms with Crippen LogP contribution in [0.5, 0.6) is 5.75 Å². The van der Waals surface area contributed by atoms with Crippen molar-refractivity contribution in [2.75, 3.05) is 13.7 Å². The van der Waals surface area contributed by atoms with Gasteiger partial charge in [-0.1, -0.05) is 43.3 Å². The minimum atomic E-state index is -0.378. The van der Waals surface area contributed by atoms with E-state index in [1.807, 2.05) is 18.2 Å². The van der Waals surface area contributed by atoms with Crippen molar-refractivity contribution in [1.82, 2.24) is 4.57 Å². The number of carbonyl (C=O) groups excluding carboxylic acids is 1. The van der Waals surface area contributed by atoms with E-state index in [0.29, 0.717) is 0 Å². The summed E-state index contributed by atoms with van der Waals surface area (Å²) in [5, 5.41) is 1.04. The summed E-state index contributed by atoms with van der Waals surface area (Å²) in [6, 6.07) is 18.6. The SMILES string of the molecule is CCc1cc2c(OCC(=O)OC)cccc2n1CCc1ccccc1. The lowest BCUT2D eigenvalue weighted by Gasteiger charge is -2.11. The number of rotatable bonds is 7. The molecule has 0 atom stereocenters. The summed E-state index contributed by atoms with van der Waals surface area (Å²) >= 11 is 0. The highest BCUT2D eigenvalue weighted by molar-refractivity contribution is 5.88. The van der Waals surface area contributed by atoms with Gasteiger partial charge < -0.3 is 14.0 Å². The molecule has 0 bridgehead atoms. The first-order chi connectivity index (χ1) is 12.2. The summed E-state index contributed by atoms with van der Waals surface area (Å²) in [6.07, 6.45) is 1.92. The van der Waals surface area contributed by atoms with Crippen LogP contribution in [0.15, 0.2) is 54.6 Å². The van der Waals surface area contributed by atoms with Crippen molar-refractivity contribution in [3.05, 3.63) is 65.9 Å². The number of fused-ring (bicyclic) bond motifs is 1. The van der Waals surface area contributed by atoms with Crippen LogP contribution in [-0.2, 0) is 28.9 Å². The van der Waals surface area contributed by atoms with E-state index in [1.54, 1.807) is 0 Å². The molecule has 25 heavy (non-hydrogen) atoms. The highest BCUT2D eigenvalue weighted by Crippen LogP contribution is 2.29. The average molecular weight is 337 g/mol. The van der Waals surface area contributed by atoms with Crippen molar-refractivity contribution in [2.24, 2.45) is 0 Å². The van der Waals surface area contributed by atoms with Crippen LogP contribution in [-0.4, -0.2) is 24.3 Å². The number of aryl methyl sites for hydroxylation is 3. The maximum Gasteiger partial charge on any atom is 0.343 e. The number of hydrogen-bond acceptors (Lipinski definition) is 3. The van der Waals surface area contributed by atoms with E-state index in [1.165, 1.54) is 18.4 Å². The third kappa shape index (κ3) is 3.85. The fourth-order valence-electron chi connectivity index (χ4n) is 3.08. The molecule has 4 heteroatoms. The maximum absolute atomic E-state index is 11.4. The lowest BCUT2D eigenvalue weighted by Crippen LogP contribution is -2.12. The Morgan fingerprint density at radius 1 is 1.08 bits per heavy atom. The van der Waals surface area contributed by atoms with Gasteiger partial charge in [0.25, 0.3) is 0 Å². The summed E-state index contributed by atoms with van der Waals surface area (Å²) < 4.78 is 12.7. The van der Waals surface area contributed by atoms with Crippen LogP contribution < -0.4 is 4.74 Å². The van der Waals surface area contributed by atoms with Crippen LogP contribution in [0.2, 0.25) is 0 Å². The summed E-state index contributed by atoms with van der Waals surface area (Å²) in [4.78, 5) is 11.4. The molecule has 0 N–H and O–H groups in total.